The van der Waals surface area contributed by atoms with Crippen molar-refractivity contribution in [3.05, 3.63) is 18.2 Å². The van der Waals surface area contributed by atoms with Gasteiger partial charge in [-0.05, 0) is 19.1 Å². The van der Waals surface area contributed by atoms with E-state index in [0.717, 1.165) is 5.82 Å². The largest absolute Gasteiger partial charge is 0.465 e. The van der Waals surface area contributed by atoms with Crippen molar-refractivity contribution in [3.8, 4) is 0 Å². The van der Waals surface area contributed by atoms with Gasteiger partial charge in [0, 0.05) is 7.05 Å². The van der Waals surface area contributed by atoms with Crippen molar-refractivity contribution in [2.75, 3.05) is 30.8 Å². The first-order valence-corrected chi connectivity index (χ1v) is 4.80. The molecule has 1 heterocycles. The van der Waals surface area contributed by atoms with E-state index in [2.05, 4.69) is 15.6 Å². The zero-order valence-corrected chi connectivity index (χ0v) is 8.91. The molecule has 0 atom stereocenters. The van der Waals surface area contributed by atoms with E-state index in [1.54, 1.807) is 20.0 Å². The van der Waals surface area contributed by atoms with Crippen LogP contribution in [0.3, 0.4) is 0 Å². The molecule has 0 fully saturated rings. The maximum atomic E-state index is 11.0. The molecule has 0 aliphatic carbocycles. The molecule has 15 heavy (non-hydrogen) atoms. The molecule has 1 aromatic rings. The van der Waals surface area contributed by atoms with E-state index in [9.17, 15) is 4.79 Å². The summed E-state index contributed by atoms with van der Waals surface area (Å²) < 4.78 is 4.78. The molecule has 2 N–H and O–H groups in total. The summed E-state index contributed by atoms with van der Waals surface area (Å²) in [6, 6.07) is 5.49. The highest BCUT2D eigenvalue weighted by Crippen LogP contribution is 2.07. The fourth-order valence-electron chi connectivity index (χ4n) is 1.05. The molecule has 5 heteroatoms. The summed E-state index contributed by atoms with van der Waals surface area (Å²) in [6.45, 7) is 2.30. The number of aromatic nitrogens is 1. The molecule has 1 rings (SSSR count). The van der Waals surface area contributed by atoms with Crippen molar-refractivity contribution < 1.29 is 9.53 Å². The number of carbonyl (C=O) groups excluding carboxylic acids is 1. The number of nitrogens with zero attached hydrogens (tertiary/aromatic N) is 1. The quantitative estimate of drug-likeness (QED) is 0.711. The number of ether oxygens (including phenoxy) is 1. The van der Waals surface area contributed by atoms with Gasteiger partial charge in [-0.15, -0.1) is 0 Å². The Kier molecular flexibility index (Phi) is 4.40. The molecule has 0 amide bonds. The van der Waals surface area contributed by atoms with Gasteiger partial charge in [0.2, 0.25) is 0 Å². The number of rotatable bonds is 5. The molecular weight excluding hydrogens is 194 g/mol. The van der Waals surface area contributed by atoms with E-state index in [4.69, 9.17) is 4.74 Å². The Morgan fingerprint density at radius 1 is 1.47 bits per heavy atom. The summed E-state index contributed by atoms with van der Waals surface area (Å²) in [4.78, 5) is 15.2. The standard InChI is InChI=1S/C10H15N3O2/c1-3-15-10(14)7-12-9-6-4-5-8(11-2)13-9/h4-6H,3,7H2,1-2H3,(H2,11,12,13). The van der Waals surface area contributed by atoms with Crippen LogP contribution in [0.4, 0.5) is 11.6 Å². The van der Waals surface area contributed by atoms with Crippen LogP contribution in [-0.2, 0) is 9.53 Å². The molecule has 5 nitrogen and oxygen atoms in total. The van der Waals surface area contributed by atoms with Gasteiger partial charge in [0.05, 0.1) is 6.61 Å². The number of carbonyl (C=O) groups is 1. The maximum absolute atomic E-state index is 11.0. The molecule has 0 saturated heterocycles. The summed E-state index contributed by atoms with van der Waals surface area (Å²) in [7, 11) is 1.79. The molecule has 0 saturated carbocycles. The van der Waals surface area contributed by atoms with Gasteiger partial charge in [-0.1, -0.05) is 6.07 Å². The third-order valence-corrected chi connectivity index (χ3v) is 1.72. The van der Waals surface area contributed by atoms with Gasteiger partial charge in [-0.2, -0.15) is 0 Å². The van der Waals surface area contributed by atoms with E-state index >= 15 is 0 Å². The number of pyridine rings is 1. The lowest BCUT2D eigenvalue weighted by Crippen LogP contribution is -2.17. The van der Waals surface area contributed by atoms with Gasteiger partial charge in [-0.3, -0.25) is 4.79 Å². The Morgan fingerprint density at radius 2 is 2.20 bits per heavy atom. The van der Waals surface area contributed by atoms with Crippen LogP contribution in [0.5, 0.6) is 0 Å². The van der Waals surface area contributed by atoms with Gasteiger partial charge in [0.15, 0.2) is 0 Å². The lowest BCUT2D eigenvalue weighted by atomic mass is 10.4. The monoisotopic (exact) mass is 209 g/mol. The van der Waals surface area contributed by atoms with Crippen LogP contribution >= 0.6 is 0 Å². The number of anilines is 2. The zero-order chi connectivity index (χ0) is 11.1. The molecule has 1 aromatic heterocycles. The van der Waals surface area contributed by atoms with Gasteiger partial charge in [0.25, 0.3) is 0 Å². The number of hydrogen-bond donors (Lipinski definition) is 2. The van der Waals surface area contributed by atoms with Crippen LogP contribution in [0.1, 0.15) is 6.92 Å². The molecule has 0 radical (unpaired) electrons. The second kappa shape index (κ2) is 5.85. The predicted molar refractivity (Wildman–Crippen MR) is 58.9 cm³/mol. The van der Waals surface area contributed by atoms with Crippen molar-refractivity contribution in [1.82, 2.24) is 4.98 Å². The first kappa shape index (κ1) is 11.3. The average Bonchev–Trinajstić information content (AvgIpc) is 2.27. The van der Waals surface area contributed by atoms with Crippen LogP contribution in [0, 0.1) is 0 Å². The Bertz CT molecular complexity index is 328. The molecule has 0 bridgehead atoms. The van der Waals surface area contributed by atoms with Crippen molar-refractivity contribution in [1.29, 1.82) is 0 Å². The van der Waals surface area contributed by atoms with E-state index < -0.39 is 0 Å². The third-order valence-electron chi connectivity index (χ3n) is 1.72. The normalized spacial score (nSPS) is 9.47. The second-order valence-electron chi connectivity index (χ2n) is 2.82. The fourth-order valence-corrected chi connectivity index (χ4v) is 1.05. The Labute approximate surface area is 88.9 Å². The highest BCUT2D eigenvalue weighted by atomic mass is 16.5. The first-order valence-electron chi connectivity index (χ1n) is 4.80. The third kappa shape index (κ3) is 3.84. The van der Waals surface area contributed by atoms with E-state index in [1.165, 1.54) is 0 Å². The van der Waals surface area contributed by atoms with Crippen LogP contribution in [-0.4, -0.2) is 31.2 Å². The Morgan fingerprint density at radius 3 is 2.87 bits per heavy atom. The smallest absolute Gasteiger partial charge is 0.325 e. The highest BCUT2D eigenvalue weighted by molar-refractivity contribution is 5.74. The van der Waals surface area contributed by atoms with E-state index in [1.807, 2.05) is 12.1 Å². The maximum Gasteiger partial charge on any atom is 0.325 e. The lowest BCUT2D eigenvalue weighted by Gasteiger charge is -2.06. The van der Waals surface area contributed by atoms with Crippen molar-refractivity contribution in [2.24, 2.45) is 0 Å². The fraction of sp³-hybridized carbons (Fsp3) is 0.400. The molecule has 0 spiro atoms. The summed E-state index contributed by atoms with van der Waals surface area (Å²) in [6.07, 6.45) is 0. The van der Waals surface area contributed by atoms with Crippen molar-refractivity contribution in [2.45, 2.75) is 6.92 Å². The number of hydrogen-bond acceptors (Lipinski definition) is 5. The lowest BCUT2D eigenvalue weighted by molar-refractivity contribution is -0.140. The topological polar surface area (TPSA) is 63.2 Å². The first-order chi connectivity index (χ1) is 7.26. The Balaban J connectivity index is 2.46. The molecule has 0 unspecified atom stereocenters. The molecular formula is C10H15N3O2. The van der Waals surface area contributed by atoms with Gasteiger partial charge in [-0.25, -0.2) is 4.98 Å². The van der Waals surface area contributed by atoms with Crippen LogP contribution in [0.15, 0.2) is 18.2 Å². The van der Waals surface area contributed by atoms with Crippen molar-refractivity contribution in [3.63, 3.8) is 0 Å². The number of esters is 1. The number of nitrogens with one attached hydrogen (secondary N) is 2. The van der Waals surface area contributed by atoms with E-state index in [-0.39, 0.29) is 12.5 Å². The van der Waals surface area contributed by atoms with Gasteiger partial charge < -0.3 is 15.4 Å². The molecule has 0 aliphatic rings. The van der Waals surface area contributed by atoms with Crippen molar-refractivity contribution >= 4 is 17.6 Å². The van der Waals surface area contributed by atoms with E-state index in [0.29, 0.717) is 12.4 Å². The highest BCUT2D eigenvalue weighted by Gasteiger charge is 2.01. The zero-order valence-electron chi connectivity index (χ0n) is 8.91. The summed E-state index contributed by atoms with van der Waals surface area (Å²) >= 11 is 0. The SMILES string of the molecule is CCOC(=O)CNc1cccc(NC)n1. The second-order valence-corrected chi connectivity index (χ2v) is 2.82. The van der Waals surface area contributed by atoms with Crippen LogP contribution in [0.2, 0.25) is 0 Å². The van der Waals surface area contributed by atoms with Crippen LogP contribution < -0.4 is 10.6 Å². The van der Waals surface area contributed by atoms with Crippen LogP contribution in [0.25, 0.3) is 0 Å². The minimum atomic E-state index is -0.283. The minimum absolute atomic E-state index is 0.133. The molecule has 0 aromatic carbocycles. The molecule has 0 aliphatic heterocycles. The molecule has 82 valence electrons. The van der Waals surface area contributed by atoms with Gasteiger partial charge >= 0.3 is 5.97 Å². The Hall–Kier alpha value is -1.78. The average molecular weight is 209 g/mol. The van der Waals surface area contributed by atoms with Gasteiger partial charge in [0.1, 0.15) is 18.2 Å². The summed E-state index contributed by atoms with van der Waals surface area (Å²) in [5.41, 5.74) is 0. The predicted octanol–water partition coefficient (Wildman–Crippen LogP) is 1.10. The summed E-state index contributed by atoms with van der Waals surface area (Å²) in [5.74, 6) is 1.12. The summed E-state index contributed by atoms with van der Waals surface area (Å²) in [5, 5.41) is 5.79. The minimum Gasteiger partial charge on any atom is -0.465 e.